The highest BCUT2D eigenvalue weighted by atomic mass is 32.2. The highest BCUT2D eigenvalue weighted by molar-refractivity contribution is 8.00. The van der Waals surface area contributed by atoms with Crippen LogP contribution < -0.4 is 0 Å². The van der Waals surface area contributed by atoms with Gasteiger partial charge in [-0.3, -0.25) is 4.79 Å². The maximum atomic E-state index is 11.6. The van der Waals surface area contributed by atoms with Crippen LogP contribution in [0.1, 0.15) is 111 Å². The molecule has 0 heterocycles. The summed E-state index contributed by atoms with van der Waals surface area (Å²) in [4.78, 5) is 11.6. The van der Waals surface area contributed by atoms with Crippen molar-refractivity contribution in [2.45, 2.75) is 116 Å². The summed E-state index contributed by atoms with van der Waals surface area (Å²) in [5, 5.41) is 0.579. The molecule has 0 aliphatic carbocycles. The van der Waals surface area contributed by atoms with Gasteiger partial charge >= 0.3 is 0 Å². The molecule has 0 aromatic carbocycles. The monoisotopic (exact) mass is 328 g/mol. The van der Waals surface area contributed by atoms with Gasteiger partial charge < -0.3 is 0 Å². The lowest BCUT2D eigenvalue weighted by Gasteiger charge is -2.04. The van der Waals surface area contributed by atoms with Crippen molar-refractivity contribution in [1.82, 2.24) is 0 Å². The van der Waals surface area contributed by atoms with E-state index in [4.69, 9.17) is 0 Å². The summed E-state index contributed by atoms with van der Waals surface area (Å²) in [6.45, 7) is 6.59. The highest BCUT2D eigenvalue weighted by Gasteiger charge is 2.03. The average molecular weight is 329 g/mol. The van der Waals surface area contributed by atoms with Crippen LogP contribution in [0.3, 0.4) is 0 Å². The predicted molar refractivity (Wildman–Crippen MR) is 103 cm³/mol. The molecule has 0 unspecified atom stereocenters. The third-order valence-corrected chi connectivity index (χ3v) is 5.29. The lowest BCUT2D eigenvalue weighted by atomic mass is 10.0. The van der Waals surface area contributed by atoms with Crippen molar-refractivity contribution in [3.05, 3.63) is 0 Å². The molecule has 132 valence electrons. The summed E-state index contributed by atoms with van der Waals surface area (Å²) in [6.07, 6.45) is 18.6. The van der Waals surface area contributed by atoms with E-state index in [0.717, 1.165) is 18.6 Å². The molecule has 22 heavy (non-hydrogen) atoms. The molecule has 0 aromatic rings. The molecule has 0 saturated carbocycles. The number of carbonyl (C=O) groups is 1. The van der Waals surface area contributed by atoms with E-state index in [1.165, 1.54) is 77.0 Å². The molecule has 0 amide bonds. The Hall–Kier alpha value is 0.0200. The van der Waals surface area contributed by atoms with Crippen molar-refractivity contribution in [2.24, 2.45) is 0 Å². The van der Waals surface area contributed by atoms with Crippen LogP contribution >= 0.6 is 11.8 Å². The van der Waals surface area contributed by atoms with Gasteiger partial charge in [0.2, 0.25) is 0 Å². The van der Waals surface area contributed by atoms with Gasteiger partial charge in [0.1, 0.15) is 5.78 Å². The number of ketones is 1. The Labute approximate surface area is 144 Å². The van der Waals surface area contributed by atoms with E-state index in [0.29, 0.717) is 11.0 Å². The smallest absolute Gasteiger partial charge is 0.142 e. The number of carbonyl (C=O) groups excluding carboxylic acids is 1. The van der Waals surface area contributed by atoms with Crippen LogP contribution in [-0.4, -0.2) is 16.8 Å². The van der Waals surface area contributed by atoms with E-state index in [2.05, 4.69) is 20.8 Å². The van der Waals surface area contributed by atoms with Crippen molar-refractivity contribution in [2.75, 3.05) is 5.75 Å². The van der Waals surface area contributed by atoms with Crippen molar-refractivity contribution in [3.8, 4) is 0 Å². The van der Waals surface area contributed by atoms with Gasteiger partial charge in [-0.2, -0.15) is 11.8 Å². The van der Waals surface area contributed by atoms with Crippen LogP contribution in [0.2, 0.25) is 0 Å². The summed E-state index contributed by atoms with van der Waals surface area (Å²) in [6, 6.07) is 0. The van der Waals surface area contributed by atoms with E-state index < -0.39 is 0 Å². The number of hydrogen-bond acceptors (Lipinski definition) is 2. The van der Waals surface area contributed by atoms with Crippen LogP contribution in [0, 0.1) is 0 Å². The predicted octanol–water partition coefficient (Wildman–Crippen LogP) is 7.18. The Morgan fingerprint density at radius 1 is 0.727 bits per heavy atom. The zero-order valence-electron chi connectivity index (χ0n) is 15.5. The molecular formula is C20H40OS. The van der Waals surface area contributed by atoms with Crippen LogP contribution in [-0.2, 0) is 4.79 Å². The molecule has 0 bridgehead atoms. The van der Waals surface area contributed by atoms with Crippen LogP contribution in [0.25, 0.3) is 0 Å². The second-order valence-electron chi connectivity index (χ2n) is 6.89. The SMILES string of the molecule is CCCCCCCCCCCCCCCC(=O)CSC(C)C. The molecule has 0 aliphatic heterocycles. The molecule has 0 atom stereocenters. The fourth-order valence-corrected chi connectivity index (χ4v) is 3.34. The standard InChI is InChI=1S/C20H40OS/c1-4-5-6-7-8-9-10-11-12-13-14-15-16-17-20(21)18-22-19(2)3/h19H,4-18H2,1-3H3. The van der Waals surface area contributed by atoms with Crippen molar-refractivity contribution in [1.29, 1.82) is 0 Å². The molecule has 0 spiro atoms. The summed E-state index contributed by atoms with van der Waals surface area (Å²) < 4.78 is 0. The lowest BCUT2D eigenvalue weighted by Crippen LogP contribution is -2.03. The number of unbranched alkanes of at least 4 members (excludes halogenated alkanes) is 12. The zero-order chi connectivity index (χ0) is 16.5. The summed E-state index contributed by atoms with van der Waals surface area (Å²) in [5.41, 5.74) is 0. The lowest BCUT2D eigenvalue weighted by molar-refractivity contribution is -0.116. The topological polar surface area (TPSA) is 17.1 Å². The van der Waals surface area contributed by atoms with E-state index in [1.807, 2.05) is 0 Å². The Kier molecular flexibility index (Phi) is 17.4. The number of rotatable bonds is 17. The Morgan fingerprint density at radius 2 is 1.14 bits per heavy atom. The number of Topliss-reactive ketones (excluding diaryl/α,β-unsaturated/α-hetero) is 1. The average Bonchev–Trinajstić information content (AvgIpc) is 2.49. The second kappa shape index (κ2) is 17.4. The van der Waals surface area contributed by atoms with Crippen LogP contribution in [0.5, 0.6) is 0 Å². The number of hydrogen-bond donors (Lipinski definition) is 0. The van der Waals surface area contributed by atoms with Gasteiger partial charge in [0, 0.05) is 6.42 Å². The Balaban J connectivity index is 3.09. The van der Waals surface area contributed by atoms with E-state index in [9.17, 15) is 4.79 Å². The molecule has 0 rings (SSSR count). The quantitative estimate of drug-likeness (QED) is 0.263. The van der Waals surface area contributed by atoms with Crippen LogP contribution in [0.4, 0.5) is 0 Å². The molecule has 0 aliphatic rings. The van der Waals surface area contributed by atoms with E-state index in [1.54, 1.807) is 11.8 Å². The van der Waals surface area contributed by atoms with Gasteiger partial charge in [-0.25, -0.2) is 0 Å². The van der Waals surface area contributed by atoms with Gasteiger partial charge in [-0.15, -0.1) is 0 Å². The van der Waals surface area contributed by atoms with Crippen molar-refractivity contribution >= 4 is 17.5 Å². The van der Waals surface area contributed by atoms with Crippen molar-refractivity contribution < 1.29 is 4.79 Å². The third-order valence-electron chi connectivity index (χ3n) is 4.14. The maximum Gasteiger partial charge on any atom is 0.142 e. The molecule has 0 aromatic heterocycles. The van der Waals surface area contributed by atoms with Crippen molar-refractivity contribution in [3.63, 3.8) is 0 Å². The Bertz CT molecular complexity index is 238. The Morgan fingerprint density at radius 3 is 1.55 bits per heavy atom. The normalized spacial score (nSPS) is 11.3. The van der Waals surface area contributed by atoms with Gasteiger partial charge in [-0.1, -0.05) is 97.8 Å². The molecule has 0 radical (unpaired) electrons. The molecule has 0 saturated heterocycles. The molecule has 1 nitrogen and oxygen atoms in total. The van der Waals surface area contributed by atoms with Gasteiger partial charge in [-0.05, 0) is 11.7 Å². The summed E-state index contributed by atoms with van der Waals surface area (Å²) >= 11 is 1.78. The second-order valence-corrected chi connectivity index (χ2v) is 8.46. The van der Waals surface area contributed by atoms with Gasteiger partial charge in [0.15, 0.2) is 0 Å². The molecule has 2 heteroatoms. The first-order chi connectivity index (χ1) is 10.7. The molecule has 0 fully saturated rings. The van der Waals surface area contributed by atoms with Crippen LogP contribution in [0.15, 0.2) is 0 Å². The fraction of sp³-hybridized carbons (Fsp3) is 0.950. The summed E-state index contributed by atoms with van der Waals surface area (Å²) in [7, 11) is 0. The van der Waals surface area contributed by atoms with Gasteiger partial charge in [0.25, 0.3) is 0 Å². The molecular weight excluding hydrogens is 288 g/mol. The minimum absolute atomic E-state index is 0.446. The summed E-state index contributed by atoms with van der Waals surface area (Å²) in [5.74, 6) is 1.16. The fourth-order valence-electron chi connectivity index (χ4n) is 2.67. The minimum atomic E-state index is 0.446. The van der Waals surface area contributed by atoms with E-state index >= 15 is 0 Å². The highest BCUT2D eigenvalue weighted by Crippen LogP contribution is 2.14. The minimum Gasteiger partial charge on any atom is -0.299 e. The first-order valence-electron chi connectivity index (χ1n) is 9.80. The third kappa shape index (κ3) is 18.1. The largest absolute Gasteiger partial charge is 0.299 e. The number of thioether (sulfide) groups is 1. The first kappa shape index (κ1) is 22.0. The zero-order valence-corrected chi connectivity index (χ0v) is 16.3. The van der Waals surface area contributed by atoms with Gasteiger partial charge in [0.05, 0.1) is 5.75 Å². The maximum absolute atomic E-state index is 11.6. The van der Waals surface area contributed by atoms with E-state index in [-0.39, 0.29) is 0 Å². The first-order valence-corrected chi connectivity index (χ1v) is 10.8. The molecule has 0 N–H and O–H groups in total.